The lowest BCUT2D eigenvalue weighted by atomic mass is 10.2. The third-order valence-electron chi connectivity index (χ3n) is 2.83. The fraction of sp³-hybridized carbons (Fsp3) is 0.533. The van der Waals surface area contributed by atoms with Crippen molar-refractivity contribution in [3.8, 4) is 0 Å². The molecule has 0 spiro atoms. The minimum Gasteiger partial charge on any atom is -0.444 e. The number of hydrogen-bond acceptors (Lipinski definition) is 6. The zero-order valence-corrected chi connectivity index (χ0v) is 15.1. The van der Waals surface area contributed by atoms with Crippen LogP contribution in [0.25, 0.3) is 0 Å². The summed E-state index contributed by atoms with van der Waals surface area (Å²) in [5, 5.41) is 13.2. The van der Waals surface area contributed by atoms with E-state index in [0.29, 0.717) is 24.4 Å². The molecule has 0 aliphatic carbocycles. The molecule has 1 amide bonds. The lowest BCUT2D eigenvalue weighted by Gasteiger charge is -2.19. The van der Waals surface area contributed by atoms with E-state index in [1.165, 1.54) is 30.5 Å². The number of nitro groups is 1. The second kappa shape index (κ2) is 8.09. The van der Waals surface area contributed by atoms with E-state index in [9.17, 15) is 19.1 Å². The Hall–Kier alpha value is -2.16. The first kappa shape index (κ1) is 19.9. The van der Waals surface area contributed by atoms with E-state index < -0.39 is 26.3 Å². The number of hydrogen-bond donors (Lipinski definition) is 1. The molecule has 9 heteroatoms. The van der Waals surface area contributed by atoms with Gasteiger partial charge in [0.1, 0.15) is 5.60 Å². The van der Waals surface area contributed by atoms with E-state index in [1.54, 1.807) is 20.8 Å². The molecule has 1 unspecified atom stereocenters. The highest BCUT2D eigenvalue weighted by Crippen LogP contribution is 2.17. The number of nitrogens with zero attached hydrogens (tertiary/aromatic N) is 2. The van der Waals surface area contributed by atoms with E-state index in [-0.39, 0.29) is 5.69 Å². The van der Waals surface area contributed by atoms with E-state index in [2.05, 4.69) is 9.68 Å². The number of nitro benzene ring substituents is 1. The van der Waals surface area contributed by atoms with Gasteiger partial charge in [0.15, 0.2) is 0 Å². The summed E-state index contributed by atoms with van der Waals surface area (Å²) in [7, 11) is -2.62. The van der Waals surface area contributed by atoms with Crippen LogP contribution >= 0.6 is 0 Å². The molecule has 0 aromatic heterocycles. The van der Waals surface area contributed by atoms with E-state index >= 15 is 0 Å². The van der Waals surface area contributed by atoms with Crippen molar-refractivity contribution in [3.63, 3.8) is 0 Å². The Labute approximate surface area is 141 Å². The molecule has 1 N–H and O–H groups in total. The number of carbonyl (C=O) groups is 1. The average molecular weight is 357 g/mol. The molecule has 0 aliphatic heterocycles. The van der Waals surface area contributed by atoms with Crippen LogP contribution in [0, 0.1) is 10.1 Å². The van der Waals surface area contributed by atoms with Crippen LogP contribution in [0.5, 0.6) is 0 Å². The van der Waals surface area contributed by atoms with Gasteiger partial charge in [0.25, 0.3) is 5.69 Å². The third-order valence-corrected chi connectivity index (χ3v) is 4.65. The molecule has 1 aromatic rings. The summed E-state index contributed by atoms with van der Waals surface area (Å²) < 4.78 is 21.7. The molecular weight excluding hydrogens is 334 g/mol. The Morgan fingerprint density at radius 2 is 1.92 bits per heavy atom. The van der Waals surface area contributed by atoms with Crippen molar-refractivity contribution in [2.45, 2.75) is 37.7 Å². The van der Waals surface area contributed by atoms with Gasteiger partial charge in [0.05, 0.1) is 21.2 Å². The van der Waals surface area contributed by atoms with Crippen LogP contribution < -0.4 is 5.32 Å². The van der Waals surface area contributed by atoms with Gasteiger partial charge < -0.3 is 10.1 Å². The number of rotatable bonds is 6. The van der Waals surface area contributed by atoms with Crippen molar-refractivity contribution in [2.24, 2.45) is 4.36 Å². The lowest BCUT2D eigenvalue weighted by Crippen LogP contribution is -2.33. The number of nitrogens with one attached hydrogen (secondary N) is 1. The van der Waals surface area contributed by atoms with Gasteiger partial charge in [-0.2, -0.15) is 0 Å². The molecule has 0 fully saturated rings. The molecule has 8 nitrogen and oxygen atoms in total. The van der Waals surface area contributed by atoms with Gasteiger partial charge in [-0.05, 0) is 39.3 Å². The minimum atomic E-state index is -2.62. The van der Waals surface area contributed by atoms with Gasteiger partial charge in [-0.3, -0.25) is 10.1 Å². The zero-order valence-electron chi connectivity index (χ0n) is 14.3. The monoisotopic (exact) mass is 357 g/mol. The first-order valence-corrected chi connectivity index (χ1v) is 9.33. The fourth-order valence-electron chi connectivity index (χ4n) is 1.72. The predicted octanol–water partition coefficient (Wildman–Crippen LogP) is 2.97. The van der Waals surface area contributed by atoms with Crippen molar-refractivity contribution in [1.29, 1.82) is 0 Å². The smallest absolute Gasteiger partial charge is 0.407 e. The summed E-state index contributed by atoms with van der Waals surface area (Å²) in [6.45, 7) is 5.98. The maximum atomic E-state index is 12.5. The summed E-state index contributed by atoms with van der Waals surface area (Å²) in [5.74, 6) is 0. The van der Waals surface area contributed by atoms with E-state index in [4.69, 9.17) is 4.74 Å². The molecule has 1 aromatic carbocycles. The molecule has 0 radical (unpaired) electrons. The molecule has 24 heavy (non-hydrogen) atoms. The van der Waals surface area contributed by atoms with Gasteiger partial charge in [0.2, 0.25) is 0 Å². The Balaban J connectivity index is 2.52. The SMILES string of the molecule is CC(C)(C)OC(=O)NCCCN=S(C)(=O)c1ccc([N+](=O)[O-])cc1. The second-order valence-electron chi connectivity index (χ2n) is 6.19. The number of carbonyl (C=O) groups excluding carboxylic acids is 1. The summed E-state index contributed by atoms with van der Waals surface area (Å²) >= 11 is 0. The molecule has 1 atom stereocenters. The van der Waals surface area contributed by atoms with Crippen LogP contribution in [-0.4, -0.2) is 40.2 Å². The standard InChI is InChI=1S/C15H23N3O5S/c1-15(2,3)23-14(19)16-10-5-11-17-24(4,22)13-8-6-12(7-9-13)18(20)21/h6-9H,5,10-11H2,1-4H3,(H,16,19). The van der Waals surface area contributed by atoms with Gasteiger partial charge >= 0.3 is 6.09 Å². The van der Waals surface area contributed by atoms with Gasteiger partial charge in [-0.25, -0.2) is 13.4 Å². The van der Waals surface area contributed by atoms with Crippen LogP contribution in [0.1, 0.15) is 27.2 Å². The average Bonchev–Trinajstić information content (AvgIpc) is 2.45. The summed E-state index contributed by atoms with van der Waals surface area (Å²) in [4.78, 5) is 22.0. The fourth-order valence-corrected chi connectivity index (χ4v) is 2.98. The highest BCUT2D eigenvalue weighted by Gasteiger charge is 2.15. The lowest BCUT2D eigenvalue weighted by molar-refractivity contribution is -0.384. The minimum absolute atomic E-state index is 0.0597. The van der Waals surface area contributed by atoms with Crippen LogP contribution in [0.2, 0.25) is 0 Å². The van der Waals surface area contributed by atoms with Gasteiger partial charge in [-0.1, -0.05) is 0 Å². The second-order valence-corrected chi connectivity index (χ2v) is 8.52. The molecule has 0 heterocycles. The number of amides is 1. The largest absolute Gasteiger partial charge is 0.444 e. The maximum Gasteiger partial charge on any atom is 0.407 e. The molecule has 0 saturated heterocycles. The molecular formula is C15H23N3O5S. The number of non-ortho nitro benzene ring substituents is 1. The van der Waals surface area contributed by atoms with Gasteiger partial charge in [0, 0.05) is 29.8 Å². The topological polar surface area (TPSA) is 111 Å². The van der Waals surface area contributed by atoms with E-state index in [0.717, 1.165) is 0 Å². The summed E-state index contributed by atoms with van der Waals surface area (Å²) in [6.07, 6.45) is 1.49. The van der Waals surface area contributed by atoms with E-state index in [1.807, 2.05) is 0 Å². The third kappa shape index (κ3) is 6.95. The van der Waals surface area contributed by atoms with Crippen molar-refractivity contribution in [2.75, 3.05) is 19.3 Å². The Bertz CT molecular complexity index is 701. The van der Waals surface area contributed by atoms with Crippen molar-refractivity contribution in [1.82, 2.24) is 5.32 Å². The normalized spacial score (nSPS) is 13.7. The first-order chi connectivity index (χ1) is 11.0. The molecule has 134 valence electrons. The number of benzene rings is 1. The number of alkyl carbamates (subject to hydrolysis) is 1. The zero-order chi connectivity index (χ0) is 18.4. The molecule has 0 bridgehead atoms. The highest BCUT2D eigenvalue weighted by atomic mass is 32.2. The van der Waals surface area contributed by atoms with Gasteiger partial charge in [-0.15, -0.1) is 0 Å². The Morgan fingerprint density at radius 1 is 1.33 bits per heavy atom. The van der Waals surface area contributed by atoms with Crippen LogP contribution in [0.3, 0.4) is 0 Å². The van der Waals surface area contributed by atoms with Crippen LogP contribution in [-0.2, 0) is 14.5 Å². The Kier molecular flexibility index (Phi) is 6.70. The van der Waals surface area contributed by atoms with Crippen molar-refractivity contribution < 1.29 is 18.7 Å². The predicted molar refractivity (Wildman–Crippen MR) is 91.6 cm³/mol. The highest BCUT2D eigenvalue weighted by molar-refractivity contribution is 7.93. The molecule has 1 rings (SSSR count). The van der Waals surface area contributed by atoms with Crippen molar-refractivity contribution in [3.05, 3.63) is 34.4 Å². The molecule has 0 aliphatic rings. The summed E-state index contributed by atoms with van der Waals surface area (Å²) in [5.41, 5.74) is -0.613. The Morgan fingerprint density at radius 3 is 2.42 bits per heavy atom. The van der Waals surface area contributed by atoms with Crippen LogP contribution in [0.4, 0.5) is 10.5 Å². The number of ether oxygens (including phenoxy) is 1. The van der Waals surface area contributed by atoms with Crippen LogP contribution in [0.15, 0.2) is 33.5 Å². The first-order valence-electron chi connectivity index (χ1n) is 7.40. The maximum absolute atomic E-state index is 12.5. The molecule has 0 saturated carbocycles. The quantitative estimate of drug-likeness (QED) is 0.478. The summed E-state index contributed by atoms with van der Waals surface area (Å²) in [6, 6.07) is 5.50. The van der Waals surface area contributed by atoms with Crippen molar-refractivity contribution >= 4 is 21.5 Å².